The Balaban J connectivity index is 1.84. The van der Waals surface area contributed by atoms with Crippen LogP contribution in [-0.4, -0.2) is 65.5 Å². The molecular formula is C14H23N3O4. The van der Waals surface area contributed by atoms with Crippen LogP contribution >= 0.6 is 0 Å². The summed E-state index contributed by atoms with van der Waals surface area (Å²) in [6, 6.07) is 0.165. The minimum Gasteiger partial charge on any atom is -0.444 e. The van der Waals surface area contributed by atoms with Gasteiger partial charge in [0.15, 0.2) is 0 Å². The van der Waals surface area contributed by atoms with E-state index in [4.69, 9.17) is 4.74 Å². The highest BCUT2D eigenvalue weighted by molar-refractivity contribution is 5.99. The third kappa shape index (κ3) is 4.42. The average Bonchev–Trinajstić information content (AvgIpc) is 2.35. The van der Waals surface area contributed by atoms with Crippen molar-refractivity contribution in [2.45, 2.75) is 45.3 Å². The number of nitrogens with one attached hydrogen (secondary N) is 1. The fraction of sp³-hybridized carbons (Fsp3) is 0.786. The van der Waals surface area contributed by atoms with Gasteiger partial charge in [-0.05, 0) is 33.6 Å². The Labute approximate surface area is 124 Å². The van der Waals surface area contributed by atoms with Gasteiger partial charge < -0.3 is 9.64 Å². The molecule has 0 spiro atoms. The lowest BCUT2D eigenvalue weighted by molar-refractivity contribution is -0.137. The topological polar surface area (TPSA) is 79.0 Å². The molecule has 21 heavy (non-hydrogen) atoms. The summed E-state index contributed by atoms with van der Waals surface area (Å²) in [4.78, 5) is 38.4. The fourth-order valence-electron chi connectivity index (χ4n) is 2.66. The lowest BCUT2D eigenvalue weighted by atomic mass is 10.0. The molecule has 0 radical (unpaired) electrons. The average molecular weight is 297 g/mol. The summed E-state index contributed by atoms with van der Waals surface area (Å²) >= 11 is 0. The van der Waals surface area contributed by atoms with E-state index in [1.54, 1.807) is 4.90 Å². The molecule has 2 aliphatic heterocycles. The van der Waals surface area contributed by atoms with Crippen molar-refractivity contribution in [3.8, 4) is 0 Å². The number of imide groups is 1. The number of nitrogens with zero attached hydrogens (tertiary/aromatic N) is 2. The van der Waals surface area contributed by atoms with E-state index in [0.717, 1.165) is 12.8 Å². The molecule has 0 aromatic rings. The first-order chi connectivity index (χ1) is 9.74. The van der Waals surface area contributed by atoms with Crippen LogP contribution in [-0.2, 0) is 14.3 Å². The van der Waals surface area contributed by atoms with Crippen LogP contribution in [0.25, 0.3) is 0 Å². The Bertz CT molecular complexity index is 420. The number of likely N-dealkylation sites (tertiary alicyclic amines) is 1. The molecule has 0 aromatic heterocycles. The van der Waals surface area contributed by atoms with Crippen LogP contribution in [0.2, 0.25) is 0 Å². The van der Waals surface area contributed by atoms with Gasteiger partial charge in [0.1, 0.15) is 5.60 Å². The van der Waals surface area contributed by atoms with Gasteiger partial charge in [0.25, 0.3) is 0 Å². The van der Waals surface area contributed by atoms with Crippen LogP contribution < -0.4 is 5.32 Å². The van der Waals surface area contributed by atoms with Gasteiger partial charge in [0, 0.05) is 19.1 Å². The SMILES string of the molecule is CC(C)(C)OC(=O)N1CCC(N2CC(=O)NC(=O)C2)CC1. The second-order valence-corrected chi connectivity index (χ2v) is 6.57. The maximum absolute atomic E-state index is 12.0. The highest BCUT2D eigenvalue weighted by Crippen LogP contribution is 2.19. The molecule has 0 saturated carbocycles. The van der Waals surface area contributed by atoms with Crippen molar-refractivity contribution in [2.24, 2.45) is 0 Å². The number of carbonyl (C=O) groups is 3. The monoisotopic (exact) mass is 297 g/mol. The molecule has 2 saturated heterocycles. The van der Waals surface area contributed by atoms with Crippen molar-refractivity contribution < 1.29 is 19.1 Å². The van der Waals surface area contributed by atoms with Gasteiger partial charge in [-0.3, -0.25) is 19.8 Å². The molecule has 118 valence electrons. The summed E-state index contributed by atoms with van der Waals surface area (Å²) < 4.78 is 5.35. The zero-order valence-corrected chi connectivity index (χ0v) is 12.8. The Kier molecular flexibility index (Phi) is 4.51. The summed E-state index contributed by atoms with van der Waals surface area (Å²) in [5.41, 5.74) is -0.495. The zero-order chi connectivity index (χ0) is 15.6. The third-order valence-corrected chi connectivity index (χ3v) is 3.60. The van der Waals surface area contributed by atoms with Crippen molar-refractivity contribution in [1.29, 1.82) is 0 Å². The number of amides is 3. The van der Waals surface area contributed by atoms with Crippen LogP contribution in [0.3, 0.4) is 0 Å². The standard InChI is InChI=1S/C14H23N3O4/c1-14(2,3)21-13(20)16-6-4-10(5-7-16)17-8-11(18)15-12(19)9-17/h10H,4-9H2,1-3H3,(H,15,18,19). The van der Waals surface area contributed by atoms with Gasteiger partial charge in [-0.2, -0.15) is 0 Å². The second kappa shape index (κ2) is 6.01. The Morgan fingerprint density at radius 2 is 1.67 bits per heavy atom. The second-order valence-electron chi connectivity index (χ2n) is 6.57. The summed E-state index contributed by atoms with van der Waals surface area (Å²) in [7, 11) is 0. The van der Waals surface area contributed by atoms with E-state index < -0.39 is 5.60 Å². The molecule has 2 aliphatic rings. The van der Waals surface area contributed by atoms with E-state index in [0.29, 0.717) is 13.1 Å². The van der Waals surface area contributed by atoms with Crippen molar-refractivity contribution in [3.63, 3.8) is 0 Å². The normalized spacial score (nSPS) is 22.1. The van der Waals surface area contributed by atoms with Crippen LogP contribution in [0.4, 0.5) is 4.79 Å². The van der Waals surface area contributed by atoms with Crippen molar-refractivity contribution in [1.82, 2.24) is 15.1 Å². The smallest absolute Gasteiger partial charge is 0.410 e. The molecule has 0 unspecified atom stereocenters. The van der Waals surface area contributed by atoms with E-state index >= 15 is 0 Å². The maximum Gasteiger partial charge on any atom is 0.410 e. The molecule has 2 heterocycles. The first-order valence-corrected chi connectivity index (χ1v) is 7.29. The predicted octanol–water partition coefficient (Wildman–Crippen LogP) is 0.344. The highest BCUT2D eigenvalue weighted by atomic mass is 16.6. The Morgan fingerprint density at radius 3 is 2.14 bits per heavy atom. The van der Waals surface area contributed by atoms with Gasteiger partial charge in [-0.1, -0.05) is 0 Å². The molecule has 7 heteroatoms. The van der Waals surface area contributed by atoms with Crippen molar-refractivity contribution in [2.75, 3.05) is 26.2 Å². The summed E-state index contributed by atoms with van der Waals surface area (Å²) in [5.74, 6) is -0.498. The largest absolute Gasteiger partial charge is 0.444 e. The van der Waals surface area contributed by atoms with Gasteiger partial charge in [0.05, 0.1) is 13.1 Å². The lowest BCUT2D eigenvalue weighted by Crippen LogP contribution is -2.57. The number of hydrogen-bond donors (Lipinski definition) is 1. The summed E-state index contributed by atoms with van der Waals surface area (Å²) in [6.07, 6.45) is 1.20. The molecular weight excluding hydrogens is 274 g/mol. The van der Waals surface area contributed by atoms with Crippen molar-refractivity contribution >= 4 is 17.9 Å². The molecule has 7 nitrogen and oxygen atoms in total. The van der Waals surface area contributed by atoms with Crippen LogP contribution in [0.1, 0.15) is 33.6 Å². The van der Waals surface area contributed by atoms with E-state index in [1.807, 2.05) is 25.7 Å². The fourth-order valence-corrected chi connectivity index (χ4v) is 2.66. The number of piperidine rings is 1. The van der Waals surface area contributed by atoms with E-state index in [2.05, 4.69) is 5.32 Å². The summed E-state index contributed by atoms with van der Waals surface area (Å²) in [5, 5.41) is 2.30. The van der Waals surface area contributed by atoms with E-state index in [-0.39, 0.29) is 37.0 Å². The van der Waals surface area contributed by atoms with Crippen LogP contribution in [0.5, 0.6) is 0 Å². The van der Waals surface area contributed by atoms with Crippen molar-refractivity contribution in [3.05, 3.63) is 0 Å². The summed E-state index contributed by atoms with van der Waals surface area (Å²) in [6.45, 7) is 7.21. The van der Waals surface area contributed by atoms with E-state index in [9.17, 15) is 14.4 Å². The minimum absolute atomic E-state index is 0.165. The third-order valence-electron chi connectivity index (χ3n) is 3.60. The molecule has 0 aliphatic carbocycles. The van der Waals surface area contributed by atoms with Gasteiger partial charge >= 0.3 is 6.09 Å². The number of piperazine rings is 1. The minimum atomic E-state index is -0.495. The number of rotatable bonds is 1. The first kappa shape index (κ1) is 15.8. The molecule has 0 atom stereocenters. The zero-order valence-electron chi connectivity index (χ0n) is 12.8. The van der Waals surface area contributed by atoms with Gasteiger partial charge in [-0.15, -0.1) is 0 Å². The quantitative estimate of drug-likeness (QED) is 0.706. The molecule has 1 N–H and O–H groups in total. The molecule has 0 bridgehead atoms. The van der Waals surface area contributed by atoms with Crippen LogP contribution in [0.15, 0.2) is 0 Å². The molecule has 3 amide bonds. The first-order valence-electron chi connectivity index (χ1n) is 7.29. The molecule has 0 aromatic carbocycles. The van der Waals surface area contributed by atoms with Gasteiger partial charge in [0.2, 0.25) is 11.8 Å². The molecule has 2 rings (SSSR count). The Hall–Kier alpha value is -1.63. The lowest BCUT2D eigenvalue weighted by Gasteiger charge is -2.39. The Morgan fingerprint density at radius 1 is 1.14 bits per heavy atom. The van der Waals surface area contributed by atoms with E-state index in [1.165, 1.54) is 0 Å². The maximum atomic E-state index is 12.0. The number of ether oxygens (including phenoxy) is 1. The highest BCUT2D eigenvalue weighted by Gasteiger charge is 2.33. The number of carbonyl (C=O) groups excluding carboxylic acids is 3. The predicted molar refractivity (Wildman–Crippen MR) is 75.6 cm³/mol. The molecule has 2 fully saturated rings. The van der Waals surface area contributed by atoms with Crippen LogP contribution in [0, 0.1) is 0 Å². The number of hydrogen-bond acceptors (Lipinski definition) is 5. The van der Waals surface area contributed by atoms with Gasteiger partial charge in [-0.25, -0.2) is 4.79 Å².